The SMILES string of the molecule is C[C@@H](OC(=O)CCC(=O)c1ccc(Cl)s1)C(=O)N1CCc2ccccc2C1. The smallest absolute Gasteiger partial charge is 0.307 e. The molecule has 1 aromatic carbocycles. The van der Waals surface area contributed by atoms with Gasteiger partial charge in [-0.15, -0.1) is 11.3 Å². The highest BCUT2D eigenvalue weighted by atomic mass is 35.5. The van der Waals surface area contributed by atoms with Crippen molar-refractivity contribution < 1.29 is 19.1 Å². The summed E-state index contributed by atoms with van der Waals surface area (Å²) in [6.45, 7) is 2.70. The molecule has 1 aliphatic heterocycles. The summed E-state index contributed by atoms with van der Waals surface area (Å²) in [4.78, 5) is 38.8. The minimum atomic E-state index is -0.867. The number of Topliss-reactive ketones (excluding diaryl/α,β-unsaturated/α-hetero) is 1. The van der Waals surface area contributed by atoms with Crippen LogP contribution in [0.4, 0.5) is 0 Å². The minimum Gasteiger partial charge on any atom is -0.453 e. The van der Waals surface area contributed by atoms with Crippen LogP contribution in [0.3, 0.4) is 0 Å². The highest BCUT2D eigenvalue weighted by Gasteiger charge is 2.27. The Hall–Kier alpha value is -2.18. The average Bonchev–Trinajstić information content (AvgIpc) is 3.11. The van der Waals surface area contributed by atoms with Crippen LogP contribution in [0.1, 0.15) is 40.6 Å². The lowest BCUT2D eigenvalue weighted by atomic mass is 9.99. The number of amides is 1. The molecule has 1 amide bonds. The van der Waals surface area contributed by atoms with Gasteiger partial charge < -0.3 is 9.64 Å². The maximum atomic E-state index is 12.6. The molecule has 1 aromatic heterocycles. The van der Waals surface area contributed by atoms with Gasteiger partial charge in [0.25, 0.3) is 5.91 Å². The zero-order chi connectivity index (χ0) is 19.4. The van der Waals surface area contributed by atoms with Gasteiger partial charge in [-0.3, -0.25) is 14.4 Å². The second kappa shape index (κ2) is 8.67. The van der Waals surface area contributed by atoms with Gasteiger partial charge in [0.15, 0.2) is 11.9 Å². The number of ether oxygens (including phenoxy) is 1. The molecule has 0 spiro atoms. The van der Waals surface area contributed by atoms with E-state index in [9.17, 15) is 14.4 Å². The molecule has 0 aliphatic carbocycles. The molecule has 5 nitrogen and oxygen atoms in total. The average molecular weight is 406 g/mol. The maximum absolute atomic E-state index is 12.6. The zero-order valence-corrected chi connectivity index (χ0v) is 16.5. The summed E-state index contributed by atoms with van der Waals surface area (Å²) in [5.41, 5.74) is 2.37. The summed E-state index contributed by atoms with van der Waals surface area (Å²) < 4.78 is 5.77. The van der Waals surface area contributed by atoms with Gasteiger partial charge in [-0.25, -0.2) is 0 Å². The normalized spacial score (nSPS) is 14.4. The van der Waals surface area contributed by atoms with E-state index >= 15 is 0 Å². The van der Waals surface area contributed by atoms with Crippen LogP contribution in [-0.4, -0.2) is 35.2 Å². The van der Waals surface area contributed by atoms with Gasteiger partial charge in [0.05, 0.1) is 15.6 Å². The van der Waals surface area contributed by atoms with E-state index in [1.807, 2.05) is 18.2 Å². The maximum Gasteiger partial charge on any atom is 0.307 e. The van der Waals surface area contributed by atoms with Crippen molar-refractivity contribution in [3.05, 3.63) is 56.7 Å². The van der Waals surface area contributed by atoms with Crippen molar-refractivity contribution in [2.45, 2.75) is 38.8 Å². The summed E-state index contributed by atoms with van der Waals surface area (Å²) in [5.74, 6) is -0.922. The largest absolute Gasteiger partial charge is 0.453 e. The Morgan fingerprint density at radius 2 is 1.89 bits per heavy atom. The molecule has 1 atom stereocenters. The predicted molar refractivity (Wildman–Crippen MR) is 104 cm³/mol. The van der Waals surface area contributed by atoms with Gasteiger partial charge in [0, 0.05) is 19.5 Å². The molecule has 0 N–H and O–H groups in total. The number of benzene rings is 1. The summed E-state index contributed by atoms with van der Waals surface area (Å²) in [5, 5.41) is 0. The number of nitrogens with zero attached hydrogens (tertiary/aromatic N) is 1. The van der Waals surface area contributed by atoms with Gasteiger partial charge in [-0.05, 0) is 36.6 Å². The Morgan fingerprint density at radius 3 is 2.59 bits per heavy atom. The van der Waals surface area contributed by atoms with Crippen LogP contribution in [0, 0.1) is 0 Å². The fraction of sp³-hybridized carbons (Fsp3) is 0.350. The van der Waals surface area contributed by atoms with Crippen molar-refractivity contribution in [1.29, 1.82) is 0 Å². The number of carbonyl (C=O) groups excluding carboxylic acids is 3. The Labute approximate surface area is 166 Å². The van der Waals surface area contributed by atoms with Crippen LogP contribution >= 0.6 is 22.9 Å². The molecule has 2 aromatic rings. The number of ketones is 1. The molecule has 1 aliphatic rings. The number of thiophene rings is 1. The number of rotatable bonds is 6. The van der Waals surface area contributed by atoms with Crippen LogP contribution in [-0.2, 0) is 27.3 Å². The lowest BCUT2D eigenvalue weighted by molar-refractivity contribution is -0.159. The van der Waals surface area contributed by atoms with Crippen LogP contribution in [0.15, 0.2) is 36.4 Å². The summed E-state index contributed by atoms with van der Waals surface area (Å²) in [7, 11) is 0. The standard InChI is InChI=1S/C20H20ClNO4S/c1-13(20(25)22-11-10-14-4-2-3-5-15(14)12-22)26-19(24)9-6-16(23)17-7-8-18(21)27-17/h2-5,7-8,13H,6,9-12H2,1H3/t13-/m1/s1. The lowest BCUT2D eigenvalue weighted by Crippen LogP contribution is -2.42. The number of carbonyl (C=O) groups is 3. The second-order valence-corrected chi connectivity index (χ2v) is 8.15. The molecule has 0 fully saturated rings. The van der Waals surface area contributed by atoms with Crippen LogP contribution < -0.4 is 0 Å². The van der Waals surface area contributed by atoms with Crippen LogP contribution in [0.25, 0.3) is 0 Å². The molecule has 2 heterocycles. The van der Waals surface area contributed by atoms with Crippen molar-refractivity contribution in [3.63, 3.8) is 0 Å². The number of fused-ring (bicyclic) bond motifs is 1. The van der Waals surface area contributed by atoms with E-state index in [1.54, 1.807) is 24.0 Å². The molecule has 3 rings (SSSR count). The topological polar surface area (TPSA) is 63.7 Å². The van der Waals surface area contributed by atoms with Crippen molar-refractivity contribution in [2.24, 2.45) is 0 Å². The van der Waals surface area contributed by atoms with E-state index in [1.165, 1.54) is 16.9 Å². The number of esters is 1. The first-order valence-corrected chi connectivity index (χ1v) is 9.97. The van der Waals surface area contributed by atoms with Crippen molar-refractivity contribution >= 4 is 40.6 Å². The quantitative estimate of drug-likeness (QED) is 0.540. The number of hydrogen-bond acceptors (Lipinski definition) is 5. The van der Waals surface area contributed by atoms with E-state index in [2.05, 4.69) is 6.07 Å². The van der Waals surface area contributed by atoms with E-state index in [0.29, 0.717) is 22.3 Å². The highest BCUT2D eigenvalue weighted by Crippen LogP contribution is 2.23. The van der Waals surface area contributed by atoms with Gasteiger partial charge in [-0.2, -0.15) is 0 Å². The number of hydrogen-bond donors (Lipinski definition) is 0. The van der Waals surface area contributed by atoms with Crippen molar-refractivity contribution in [1.82, 2.24) is 4.90 Å². The Balaban J connectivity index is 1.48. The third-order valence-corrected chi connectivity index (χ3v) is 5.77. The summed E-state index contributed by atoms with van der Waals surface area (Å²) >= 11 is 6.99. The predicted octanol–water partition coefficient (Wildman–Crippen LogP) is 3.88. The summed E-state index contributed by atoms with van der Waals surface area (Å²) in [6, 6.07) is 11.3. The second-order valence-electron chi connectivity index (χ2n) is 6.44. The molecule has 0 unspecified atom stereocenters. The van der Waals surface area contributed by atoms with Gasteiger partial charge >= 0.3 is 5.97 Å². The monoisotopic (exact) mass is 405 g/mol. The first-order valence-electron chi connectivity index (χ1n) is 8.77. The van der Waals surface area contributed by atoms with Crippen molar-refractivity contribution in [2.75, 3.05) is 6.54 Å². The molecular weight excluding hydrogens is 386 g/mol. The van der Waals surface area contributed by atoms with E-state index < -0.39 is 12.1 Å². The molecule has 27 heavy (non-hydrogen) atoms. The van der Waals surface area contributed by atoms with Crippen LogP contribution in [0.5, 0.6) is 0 Å². The Bertz CT molecular complexity index is 863. The lowest BCUT2D eigenvalue weighted by Gasteiger charge is -2.30. The van der Waals surface area contributed by atoms with E-state index in [4.69, 9.17) is 16.3 Å². The first-order chi connectivity index (χ1) is 12.9. The highest BCUT2D eigenvalue weighted by molar-refractivity contribution is 7.18. The molecule has 0 saturated carbocycles. The molecule has 7 heteroatoms. The first kappa shape index (κ1) is 19.6. The third-order valence-electron chi connectivity index (χ3n) is 4.50. The Kier molecular flexibility index (Phi) is 6.29. The zero-order valence-electron chi connectivity index (χ0n) is 14.9. The van der Waals surface area contributed by atoms with Gasteiger partial charge in [0.2, 0.25) is 0 Å². The van der Waals surface area contributed by atoms with Gasteiger partial charge in [0.1, 0.15) is 0 Å². The fourth-order valence-corrected chi connectivity index (χ4v) is 4.06. The Morgan fingerprint density at radius 1 is 1.15 bits per heavy atom. The van der Waals surface area contributed by atoms with Crippen molar-refractivity contribution in [3.8, 4) is 0 Å². The molecule has 0 radical (unpaired) electrons. The molecular formula is C20H20ClNO4S. The minimum absolute atomic E-state index is 0.0354. The van der Waals surface area contributed by atoms with E-state index in [0.717, 1.165) is 12.0 Å². The molecule has 0 bridgehead atoms. The molecule has 0 saturated heterocycles. The summed E-state index contributed by atoms with van der Waals surface area (Å²) in [6.07, 6.45) is -0.0998. The third kappa shape index (κ3) is 4.96. The molecule has 142 valence electrons. The van der Waals surface area contributed by atoms with E-state index in [-0.39, 0.29) is 24.5 Å². The van der Waals surface area contributed by atoms with Gasteiger partial charge in [-0.1, -0.05) is 35.9 Å². The number of halogens is 1. The fourth-order valence-electron chi connectivity index (χ4n) is 3.05. The van der Waals surface area contributed by atoms with Crippen LogP contribution in [0.2, 0.25) is 4.34 Å².